The van der Waals surface area contributed by atoms with Crippen LogP contribution in [-0.2, 0) is 29.7 Å². The molecule has 1 atom stereocenters. The van der Waals surface area contributed by atoms with Crippen LogP contribution in [0.15, 0.2) is 48.0 Å². The Balaban J connectivity index is 1.62. The van der Waals surface area contributed by atoms with Gasteiger partial charge in [0.1, 0.15) is 11.6 Å². The number of sulfone groups is 1. The summed E-state index contributed by atoms with van der Waals surface area (Å²) in [5, 5.41) is 9.52. The molecule has 4 rings (SSSR count). The number of hydrogen-bond donors (Lipinski definition) is 1. The minimum atomic E-state index is -3.13. The Morgan fingerprint density at radius 1 is 1.19 bits per heavy atom. The minimum absolute atomic E-state index is 0.0398. The summed E-state index contributed by atoms with van der Waals surface area (Å²) in [6.07, 6.45) is 4.88. The Morgan fingerprint density at radius 2 is 2.00 bits per heavy atom. The average Bonchev–Trinajstić information content (AvgIpc) is 3.16. The van der Waals surface area contributed by atoms with Crippen LogP contribution in [-0.4, -0.2) is 40.0 Å². The summed E-state index contributed by atoms with van der Waals surface area (Å²) >= 11 is 0. The van der Waals surface area contributed by atoms with Crippen molar-refractivity contribution in [1.82, 2.24) is 19.7 Å². The predicted octanol–water partition coefficient (Wildman–Crippen LogP) is 1.87. The van der Waals surface area contributed by atoms with Gasteiger partial charge in [0.05, 0.1) is 23.4 Å². The molecule has 8 heteroatoms. The highest BCUT2D eigenvalue weighted by Crippen LogP contribution is 2.23. The molecule has 0 amide bonds. The largest absolute Gasteiger partial charge is 0.362 e. The van der Waals surface area contributed by atoms with Gasteiger partial charge in [-0.3, -0.25) is 4.68 Å². The molecule has 26 heavy (non-hydrogen) atoms. The lowest BCUT2D eigenvalue weighted by Crippen LogP contribution is -2.22. The first-order valence-electron chi connectivity index (χ1n) is 8.40. The molecular formula is C18H19N5O2S. The Labute approximate surface area is 151 Å². The van der Waals surface area contributed by atoms with Gasteiger partial charge in [0.2, 0.25) is 0 Å². The van der Waals surface area contributed by atoms with Gasteiger partial charge in [-0.1, -0.05) is 30.3 Å². The van der Waals surface area contributed by atoms with Gasteiger partial charge in [-0.25, -0.2) is 18.4 Å². The predicted molar refractivity (Wildman–Crippen MR) is 100 cm³/mol. The van der Waals surface area contributed by atoms with E-state index in [-0.39, 0.29) is 11.8 Å². The quantitative estimate of drug-likeness (QED) is 0.738. The Hall–Kier alpha value is -2.74. The molecule has 0 bridgehead atoms. The lowest BCUT2D eigenvalue weighted by atomic mass is 10.1. The molecule has 0 unspecified atom stereocenters. The molecule has 3 heterocycles. The van der Waals surface area contributed by atoms with Crippen LogP contribution in [0.3, 0.4) is 0 Å². The number of hydrogen-bond acceptors (Lipinski definition) is 6. The van der Waals surface area contributed by atoms with Crippen molar-refractivity contribution in [2.75, 3.05) is 11.1 Å². The van der Waals surface area contributed by atoms with E-state index >= 15 is 0 Å². The molecule has 0 spiro atoms. The Bertz CT molecular complexity index is 1070. The van der Waals surface area contributed by atoms with Crippen molar-refractivity contribution in [3.8, 4) is 0 Å². The number of rotatable bonds is 5. The summed E-state index contributed by atoms with van der Waals surface area (Å²) in [4.78, 5) is 9.26. The topological polar surface area (TPSA) is 89.8 Å². The Kier molecular flexibility index (Phi) is 4.20. The maximum Gasteiger partial charge on any atom is 0.173 e. The molecule has 1 N–H and O–H groups in total. The average molecular weight is 369 g/mol. The van der Waals surface area contributed by atoms with E-state index in [9.17, 15) is 8.42 Å². The highest BCUT2D eigenvalue weighted by molar-refractivity contribution is 7.94. The van der Waals surface area contributed by atoms with Crippen molar-refractivity contribution in [3.05, 3.63) is 59.4 Å². The van der Waals surface area contributed by atoms with Crippen LogP contribution in [0.4, 0.5) is 5.82 Å². The van der Waals surface area contributed by atoms with E-state index in [0.29, 0.717) is 18.1 Å². The summed E-state index contributed by atoms with van der Waals surface area (Å²) < 4.78 is 25.0. The second kappa shape index (κ2) is 6.53. The molecule has 2 aromatic heterocycles. The fraction of sp³-hybridized carbons (Fsp3) is 0.278. The number of benzene rings is 1. The van der Waals surface area contributed by atoms with Crippen molar-refractivity contribution in [2.24, 2.45) is 7.05 Å². The summed E-state index contributed by atoms with van der Waals surface area (Å²) in [5.74, 6) is 1.37. The zero-order chi connectivity index (χ0) is 18.1. The first-order valence-corrected chi connectivity index (χ1v) is 10.1. The number of nitrogens with one attached hydrogen (secondary N) is 1. The maximum atomic E-state index is 11.6. The highest BCUT2D eigenvalue weighted by atomic mass is 32.2. The zero-order valence-electron chi connectivity index (χ0n) is 14.3. The molecule has 3 aromatic rings. The molecule has 1 aliphatic rings. The molecule has 1 aliphatic heterocycles. The summed E-state index contributed by atoms with van der Waals surface area (Å²) in [6, 6.07) is 9.89. The first-order chi connectivity index (χ1) is 12.5. The van der Waals surface area contributed by atoms with E-state index < -0.39 is 9.84 Å². The number of anilines is 1. The van der Waals surface area contributed by atoms with Gasteiger partial charge in [0.25, 0.3) is 0 Å². The van der Waals surface area contributed by atoms with Crippen LogP contribution >= 0.6 is 0 Å². The SMILES string of the molecule is Cn1ncc2c(N[C@H]3C=CS(=O)(=O)C3)nc(CCc3ccccc3)nc21. The minimum Gasteiger partial charge on any atom is -0.362 e. The van der Waals surface area contributed by atoms with Crippen LogP contribution in [0.25, 0.3) is 11.0 Å². The maximum absolute atomic E-state index is 11.6. The van der Waals surface area contributed by atoms with Gasteiger partial charge in [-0.2, -0.15) is 5.10 Å². The van der Waals surface area contributed by atoms with Gasteiger partial charge in [0, 0.05) is 18.9 Å². The van der Waals surface area contributed by atoms with Crippen molar-refractivity contribution >= 4 is 26.7 Å². The summed E-state index contributed by atoms with van der Waals surface area (Å²) in [7, 11) is -1.29. The molecule has 0 radical (unpaired) electrons. The standard InChI is InChI=1S/C18H19N5O2S/c1-23-18-15(11-19-23)17(20-14-9-10-26(24,25)12-14)21-16(22-18)8-7-13-5-3-2-4-6-13/h2-6,9-11,14H,7-8,12H2,1H3,(H,20,21,22)/t14-/m0/s1. The van der Waals surface area contributed by atoms with Crippen molar-refractivity contribution in [1.29, 1.82) is 0 Å². The smallest absolute Gasteiger partial charge is 0.173 e. The van der Waals surface area contributed by atoms with E-state index in [1.54, 1.807) is 17.0 Å². The van der Waals surface area contributed by atoms with Crippen molar-refractivity contribution in [2.45, 2.75) is 18.9 Å². The fourth-order valence-electron chi connectivity index (χ4n) is 3.03. The first kappa shape index (κ1) is 16.7. The van der Waals surface area contributed by atoms with Crippen LogP contribution in [0.2, 0.25) is 0 Å². The molecule has 134 valence electrons. The van der Waals surface area contributed by atoms with Gasteiger partial charge in [-0.15, -0.1) is 0 Å². The number of aryl methyl sites for hydroxylation is 3. The molecule has 0 aliphatic carbocycles. The molecular weight excluding hydrogens is 350 g/mol. The second-order valence-corrected chi connectivity index (χ2v) is 8.32. The van der Waals surface area contributed by atoms with E-state index in [0.717, 1.165) is 17.5 Å². The van der Waals surface area contributed by atoms with Crippen LogP contribution in [0.5, 0.6) is 0 Å². The molecule has 7 nitrogen and oxygen atoms in total. The van der Waals surface area contributed by atoms with Crippen molar-refractivity contribution in [3.63, 3.8) is 0 Å². The van der Waals surface area contributed by atoms with Gasteiger partial charge in [0.15, 0.2) is 15.5 Å². The summed E-state index contributed by atoms with van der Waals surface area (Å²) in [6.45, 7) is 0. The molecule has 0 saturated carbocycles. The molecule has 1 aromatic carbocycles. The van der Waals surface area contributed by atoms with Gasteiger partial charge in [-0.05, 0) is 18.1 Å². The van der Waals surface area contributed by atoms with Crippen LogP contribution < -0.4 is 5.32 Å². The van der Waals surface area contributed by atoms with Crippen molar-refractivity contribution < 1.29 is 8.42 Å². The van der Waals surface area contributed by atoms with E-state index in [1.807, 2.05) is 25.2 Å². The second-order valence-electron chi connectivity index (χ2n) is 6.39. The summed E-state index contributed by atoms with van der Waals surface area (Å²) in [5.41, 5.74) is 1.95. The van der Waals surface area contributed by atoms with Gasteiger partial charge >= 0.3 is 0 Å². The highest BCUT2D eigenvalue weighted by Gasteiger charge is 2.23. The molecule has 0 saturated heterocycles. The van der Waals surface area contributed by atoms with Gasteiger partial charge < -0.3 is 5.32 Å². The van der Waals surface area contributed by atoms with Crippen LogP contribution in [0, 0.1) is 0 Å². The molecule has 0 fully saturated rings. The third-order valence-corrected chi connectivity index (χ3v) is 5.77. The number of aromatic nitrogens is 4. The zero-order valence-corrected chi connectivity index (χ0v) is 15.1. The number of nitrogens with zero attached hydrogens (tertiary/aromatic N) is 4. The lowest BCUT2D eigenvalue weighted by Gasteiger charge is -2.13. The van der Waals surface area contributed by atoms with E-state index in [1.165, 1.54) is 11.0 Å². The van der Waals surface area contributed by atoms with Crippen LogP contribution in [0.1, 0.15) is 11.4 Å². The van der Waals surface area contributed by atoms with E-state index in [2.05, 4.69) is 32.5 Å². The monoisotopic (exact) mass is 369 g/mol. The number of fused-ring (bicyclic) bond motifs is 1. The normalized spacial score (nSPS) is 18.4. The third-order valence-electron chi connectivity index (χ3n) is 4.37. The fourth-order valence-corrected chi connectivity index (χ4v) is 4.27. The lowest BCUT2D eigenvalue weighted by molar-refractivity contribution is 0.605. The van der Waals surface area contributed by atoms with E-state index in [4.69, 9.17) is 0 Å². The third kappa shape index (κ3) is 3.45. The Morgan fingerprint density at radius 3 is 2.73 bits per heavy atom.